The molecule has 0 unspecified atom stereocenters. The van der Waals surface area contributed by atoms with Crippen LogP contribution < -0.4 is 0 Å². The summed E-state index contributed by atoms with van der Waals surface area (Å²) in [7, 11) is 0. The lowest BCUT2D eigenvalue weighted by molar-refractivity contribution is 0.377. The molecule has 0 fully saturated rings. The summed E-state index contributed by atoms with van der Waals surface area (Å²) in [6.45, 7) is 48.6. The van der Waals surface area contributed by atoms with E-state index in [-0.39, 0.29) is 0 Å². The van der Waals surface area contributed by atoms with E-state index in [1.54, 1.807) is 12.1 Å². The maximum absolute atomic E-state index is 9.53. The minimum Gasteiger partial charge on any atom is -0.508 e. The lowest BCUT2D eigenvalue weighted by Crippen LogP contribution is -2.06. The Morgan fingerprint density at radius 2 is 0.867 bits per heavy atom. The second-order valence-corrected chi connectivity index (χ2v) is 15.9. The van der Waals surface area contributed by atoms with Crippen LogP contribution >= 0.6 is 0 Å². The number of phenols is 2. The molecule has 2 heteroatoms. The van der Waals surface area contributed by atoms with E-state index in [4.69, 9.17) is 0 Å². The molecule has 2 nitrogen and oxygen atoms in total. The van der Waals surface area contributed by atoms with E-state index in [1.165, 1.54) is 17.5 Å². The van der Waals surface area contributed by atoms with Gasteiger partial charge < -0.3 is 10.2 Å². The van der Waals surface area contributed by atoms with E-state index in [1.807, 2.05) is 51.1 Å². The van der Waals surface area contributed by atoms with Crippen molar-refractivity contribution in [3.8, 4) is 11.5 Å². The number of rotatable bonds is 4. The van der Waals surface area contributed by atoms with Crippen molar-refractivity contribution in [2.24, 2.45) is 21.7 Å². The predicted molar refractivity (Wildman–Crippen MR) is 208 cm³/mol. The first-order chi connectivity index (χ1) is 20.3. The average molecular weight is 623 g/mol. The molecule has 2 aromatic carbocycles. The van der Waals surface area contributed by atoms with Gasteiger partial charge in [-0.05, 0) is 103 Å². The van der Waals surface area contributed by atoms with E-state index >= 15 is 0 Å². The Bertz CT molecular complexity index is 977. The van der Waals surface area contributed by atoms with Crippen LogP contribution in [0.2, 0.25) is 0 Å². The maximum Gasteiger partial charge on any atom is 0.118 e. The fourth-order valence-electron chi connectivity index (χ4n) is 2.72. The molecule has 0 aliphatic heterocycles. The number of allylic oxidation sites excluding steroid dienone is 3. The standard InChI is InChI=1S/2C13H20O.2C6H12.C3H6.C2H4/c1-10-9-11(5-6-12(10)14)7-8-13(2,3)4;1-10-5-6-11(9-12(10)14)7-8-13(2,3)4;2*1-5-6(2,3)4;1-3-2;1-2/h2*5-6,9,14H,7-8H2,1-4H3;2*5H,1H2,2-4H3;3H,1H2,2H3;1-2H2. The van der Waals surface area contributed by atoms with Crippen molar-refractivity contribution >= 4 is 0 Å². The average Bonchev–Trinajstić information content (AvgIpc) is 2.91. The van der Waals surface area contributed by atoms with E-state index in [0.717, 1.165) is 30.4 Å². The highest BCUT2D eigenvalue weighted by atomic mass is 16.3. The second kappa shape index (κ2) is 24.3. The summed E-state index contributed by atoms with van der Waals surface area (Å²) in [5.74, 6) is 0.806. The summed E-state index contributed by atoms with van der Waals surface area (Å²) in [5, 5.41) is 18.9. The van der Waals surface area contributed by atoms with Crippen LogP contribution in [-0.4, -0.2) is 10.2 Å². The van der Waals surface area contributed by atoms with Gasteiger partial charge in [-0.25, -0.2) is 0 Å². The zero-order valence-corrected chi connectivity index (χ0v) is 32.5. The van der Waals surface area contributed by atoms with Crippen molar-refractivity contribution in [2.45, 2.75) is 130 Å². The summed E-state index contributed by atoms with van der Waals surface area (Å²) >= 11 is 0. The molecule has 0 bridgehead atoms. The molecule has 2 aromatic rings. The molecule has 0 radical (unpaired) electrons. The largest absolute Gasteiger partial charge is 0.508 e. The van der Waals surface area contributed by atoms with Gasteiger partial charge in [-0.3, -0.25) is 0 Å². The third-order valence-electron chi connectivity index (χ3n) is 6.09. The molecule has 45 heavy (non-hydrogen) atoms. The van der Waals surface area contributed by atoms with Gasteiger partial charge in [0.2, 0.25) is 0 Å². The quantitative estimate of drug-likeness (QED) is 0.333. The lowest BCUT2D eigenvalue weighted by atomic mass is 9.88. The Balaban J connectivity index is -0.000000252. The summed E-state index contributed by atoms with van der Waals surface area (Å²) < 4.78 is 0. The Hall–Kier alpha value is -3.00. The van der Waals surface area contributed by atoms with E-state index in [9.17, 15) is 10.2 Å². The van der Waals surface area contributed by atoms with Crippen molar-refractivity contribution in [1.82, 2.24) is 0 Å². The molecule has 2 rings (SSSR count). The van der Waals surface area contributed by atoms with Crippen molar-refractivity contribution in [3.63, 3.8) is 0 Å². The third kappa shape index (κ3) is 37.1. The molecule has 0 amide bonds. The third-order valence-corrected chi connectivity index (χ3v) is 6.09. The highest BCUT2D eigenvalue weighted by Gasteiger charge is 2.11. The minimum atomic E-state index is 0.306. The zero-order chi connectivity index (χ0) is 36.7. The van der Waals surface area contributed by atoms with Crippen LogP contribution in [0.25, 0.3) is 0 Å². The van der Waals surface area contributed by atoms with Gasteiger partial charge in [0, 0.05) is 0 Å². The molecule has 0 saturated heterocycles. The highest BCUT2D eigenvalue weighted by molar-refractivity contribution is 5.36. The van der Waals surface area contributed by atoms with Gasteiger partial charge >= 0.3 is 0 Å². The lowest BCUT2D eigenvalue weighted by Gasteiger charge is -2.17. The number of phenolic OH excluding ortho intramolecular Hbond substituents is 2. The predicted octanol–water partition coefficient (Wildman–Crippen LogP) is 13.8. The van der Waals surface area contributed by atoms with Crippen LogP contribution in [0.5, 0.6) is 11.5 Å². The van der Waals surface area contributed by atoms with Gasteiger partial charge in [0.15, 0.2) is 0 Å². The Kier molecular flexibility index (Phi) is 26.4. The molecule has 0 saturated carbocycles. The number of aromatic hydroxyl groups is 2. The number of hydrogen-bond donors (Lipinski definition) is 2. The van der Waals surface area contributed by atoms with Gasteiger partial charge in [0.25, 0.3) is 0 Å². The first kappa shape index (κ1) is 48.9. The Labute approximate surface area is 282 Å². The normalized spacial score (nSPS) is 10.6. The van der Waals surface area contributed by atoms with Crippen molar-refractivity contribution in [1.29, 1.82) is 0 Å². The minimum absolute atomic E-state index is 0.306. The molecule has 0 aliphatic carbocycles. The molecule has 0 atom stereocenters. The van der Waals surface area contributed by atoms with Gasteiger partial charge in [-0.15, -0.1) is 32.9 Å². The van der Waals surface area contributed by atoms with Crippen LogP contribution in [0.4, 0.5) is 0 Å². The number of benzene rings is 2. The zero-order valence-electron chi connectivity index (χ0n) is 32.5. The van der Waals surface area contributed by atoms with Crippen molar-refractivity contribution < 1.29 is 10.2 Å². The maximum atomic E-state index is 9.53. The van der Waals surface area contributed by atoms with Crippen molar-refractivity contribution in [2.75, 3.05) is 0 Å². The van der Waals surface area contributed by atoms with Gasteiger partial charge in [-0.1, -0.05) is 126 Å². The molecular formula is C43H74O2. The first-order valence-corrected chi connectivity index (χ1v) is 16.2. The Morgan fingerprint density at radius 3 is 1.13 bits per heavy atom. The highest BCUT2D eigenvalue weighted by Crippen LogP contribution is 2.25. The first-order valence-electron chi connectivity index (χ1n) is 16.2. The number of hydrogen-bond acceptors (Lipinski definition) is 2. The summed E-state index contributed by atoms with van der Waals surface area (Å²) in [6, 6.07) is 11.8. The van der Waals surface area contributed by atoms with Crippen LogP contribution in [0.15, 0.2) is 87.5 Å². The Morgan fingerprint density at radius 1 is 0.556 bits per heavy atom. The SMILES string of the molecule is C=C.C=CC.C=CC(C)(C)C.C=CC(C)(C)C.Cc1cc(CCC(C)(C)C)ccc1O.Cc1ccc(CCC(C)(C)C)cc1O. The van der Waals surface area contributed by atoms with Crippen molar-refractivity contribution in [3.05, 3.63) is 110 Å². The smallest absolute Gasteiger partial charge is 0.118 e. The monoisotopic (exact) mass is 623 g/mol. The van der Waals surface area contributed by atoms with E-state index in [2.05, 4.69) is 128 Å². The van der Waals surface area contributed by atoms with Crippen LogP contribution in [0.3, 0.4) is 0 Å². The van der Waals surface area contributed by atoms with Crippen LogP contribution in [0, 0.1) is 35.5 Å². The molecular weight excluding hydrogens is 548 g/mol. The molecule has 0 spiro atoms. The topological polar surface area (TPSA) is 40.5 Å². The van der Waals surface area contributed by atoms with Crippen LogP contribution in [-0.2, 0) is 12.8 Å². The second-order valence-electron chi connectivity index (χ2n) is 15.9. The fraction of sp³-hybridized carbons (Fsp3) is 0.535. The van der Waals surface area contributed by atoms with Crippen LogP contribution in [0.1, 0.15) is 125 Å². The molecule has 0 aromatic heterocycles. The van der Waals surface area contributed by atoms with E-state index < -0.39 is 0 Å². The summed E-state index contributed by atoms with van der Waals surface area (Å²) in [6.07, 6.45) is 10.1. The van der Waals surface area contributed by atoms with Gasteiger partial charge in [-0.2, -0.15) is 0 Å². The van der Waals surface area contributed by atoms with Gasteiger partial charge in [0.1, 0.15) is 11.5 Å². The summed E-state index contributed by atoms with van der Waals surface area (Å²) in [4.78, 5) is 0. The van der Waals surface area contributed by atoms with E-state index in [0.29, 0.717) is 33.2 Å². The van der Waals surface area contributed by atoms with Gasteiger partial charge in [0.05, 0.1) is 0 Å². The number of aryl methyl sites for hydroxylation is 4. The molecule has 2 N–H and O–H groups in total. The summed E-state index contributed by atoms with van der Waals surface area (Å²) in [5.41, 5.74) is 5.81. The molecule has 0 aliphatic rings. The fourth-order valence-corrected chi connectivity index (χ4v) is 2.72. The molecule has 258 valence electrons. The molecule has 0 heterocycles.